The number of benzene rings is 1. The van der Waals surface area contributed by atoms with Gasteiger partial charge in [0.2, 0.25) is 0 Å². The van der Waals surface area contributed by atoms with Crippen LogP contribution in [0.3, 0.4) is 0 Å². The van der Waals surface area contributed by atoms with Gasteiger partial charge in [-0.15, -0.1) is 0 Å². The Morgan fingerprint density at radius 1 is 1.41 bits per heavy atom. The molecule has 0 bridgehead atoms. The van der Waals surface area contributed by atoms with Crippen LogP contribution in [0.4, 0.5) is 0 Å². The second kappa shape index (κ2) is 4.61. The van der Waals surface area contributed by atoms with E-state index in [-0.39, 0.29) is 12.5 Å². The predicted molar refractivity (Wildman–Crippen MR) is 63.8 cm³/mol. The number of hydrogen-bond donors (Lipinski definition) is 2. The van der Waals surface area contributed by atoms with Crippen molar-refractivity contribution in [2.24, 2.45) is 0 Å². The van der Waals surface area contributed by atoms with Crippen molar-refractivity contribution in [3.05, 3.63) is 30.5 Å². The summed E-state index contributed by atoms with van der Waals surface area (Å²) in [7, 11) is -0.183. The first-order chi connectivity index (χ1) is 8.11. The van der Waals surface area contributed by atoms with Crippen LogP contribution in [0.5, 0.6) is 0 Å². The lowest BCUT2D eigenvalue weighted by Crippen LogP contribution is -2.29. The largest absolute Gasteiger partial charge is 0.488 e. The van der Waals surface area contributed by atoms with Gasteiger partial charge in [0.15, 0.2) is 0 Å². The number of carbonyl (C=O) groups excluding carboxylic acids is 1. The highest BCUT2D eigenvalue weighted by Gasteiger charge is 2.13. The van der Waals surface area contributed by atoms with E-state index in [0.717, 1.165) is 10.9 Å². The Kier molecular flexibility index (Phi) is 3.17. The molecular weight excluding hydrogens is 221 g/mol. The monoisotopic (exact) mass is 233 g/mol. The molecule has 2 aromatic rings. The van der Waals surface area contributed by atoms with Crippen LogP contribution in [0.1, 0.15) is 0 Å². The van der Waals surface area contributed by atoms with Crippen LogP contribution in [0.2, 0.25) is 0 Å². The van der Waals surface area contributed by atoms with Crippen molar-refractivity contribution < 1.29 is 19.6 Å². The number of fused-ring (bicyclic) bond motifs is 1. The molecule has 0 aliphatic carbocycles. The summed E-state index contributed by atoms with van der Waals surface area (Å²) in [5.74, 6) is -0.350. The minimum atomic E-state index is -1.51. The minimum Gasteiger partial charge on any atom is -0.468 e. The average Bonchev–Trinajstić information content (AvgIpc) is 2.71. The molecule has 88 valence electrons. The number of esters is 1. The molecule has 2 rings (SSSR count). The molecular formula is C11H12BNO4. The lowest BCUT2D eigenvalue weighted by atomic mass is 9.80. The van der Waals surface area contributed by atoms with E-state index in [2.05, 4.69) is 4.74 Å². The lowest BCUT2D eigenvalue weighted by molar-refractivity contribution is -0.141. The smallest absolute Gasteiger partial charge is 0.468 e. The Balaban J connectivity index is 2.43. The van der Waals surface area contributed by atoms with Gasteiger partial charge in [0.25, 0.3) is 0 Å². The first-order valence-corrected chi connectivity index (χ1v) is 5.13. The molecule has 0 saturated heterocycles. The van der Waals surface area contributed by atoms with Crippen molar-refractivity contribution in [2.45, 2.75) is 6.54 Å². The molecule has 1 heterocycles. The van der Waals surface area contributed by atoms with Crippen molar-refractivity contribution in [2.75, 3.05) is 7.11 Å². The van der Waals surface area contributed by atoms with Gasteiger partial charge in [-0.25, -0.2) is 0 Å². The van der Waals surface area contributed by atoms with Gasteiger partial charge >= 0.3 is 13.1 Å². The van der Waals surface area contributed by atoms with E-state index >= 15 is 0 Å². The molecule has 0 spiro atoms. The summed E-state index contributed by atoms with van der Waals surface area (Å²) in [5.41, 5.74) is 1.16. The van der Waals surface area contributed by atoms with Crippen LogP contribution in [0, 0.1) is 0 Å². The van der Waals surface area contributed by atoms with E-state index in [1.807, 2.05) is 6.07 Å². The quantitative estimate of drug-likeness (QED) is 0.553. The van der Waals surface area contributed by atoms with Gasteiger partial charge in [0.05, 0.1) is 7.11 Å². The fourth-order valence-corrected chi connectivity index (χ4v) is 1.70. The number of hydrogen-bond acceptors (Lipinski definition) is 4. The summed E-state index contributed by atoms with van der Waals surface area (Å²) < 4.78 is 6.29. The van der Waals surface area contributed by atoms with Crippen molar-refractivity contribution in [1.29, 1.82) is 0 Å². The van der Waals surface area contributed by atoms with Gasteiger partial charge in [0, 0.05) is 11.7 Å². The predicted octanol–water partition coefficient (Wildman–Crippen LogP) is -0.506. The first kappa shape index (κ1) is 11.7. The minimum absolute atomic E-state index is 0.102. The van der Waals surface area contributed by atoms with Crippen molar-refractivity contribution >= 4 is 29.5 Å². The number of nitrogens with zero attached hydrogens (tertiary/aromatic N) is 1. The van der Waals surface area contributed by atoms with Crippen molar-refractivity contribution in [1.82, 2.24) is 4.57 Å². The summed E-state index contributed by atoms with van der Waals surface area (Å²) in [5, 5.41) is 19.1. The number of ether oxygens (including phenoxy) is 1. The maximum atomic E-state index is 11.2. The lowest BCUT2D eigenvalue weighted by Gasteiger charge is -2.05. The highest BCUT2D eigenvalue weighted by molar-refractivity contribution is 6.58. The van der Waals surface area contributed by atoms with Gasteiger partial charge < -0.3 is 19.4 Å². The van der Waals surface area contributed by atoms with Crippen LogP contribution in [0.15, 0.2) is 30.5 Å². The molecule has 0 aliphatic heterocycles. The summed E-state index contributed by atoms with van der Waals surface area (Å²) in [4.78, 5) is 11.2. The molecule has 17 heavy (non-hydrogen) atoms. The number of rotatable bonds is 3. The average molecular weight is 233 g/mol. The zero-order valence-electron chi connectivity index (χ0n) is 9.33. The van der Waals surface area contributed by atoms with E-state index in [0.29, 0.717) is 5.46 Å². The van der Waals surface area contributed by atoms with E-state index in [4.69, 9.17) is 10.0 Å². The van der Waals surface area contributed by atoms with Crippen molar-refractivity contribution in [3.8, 4) is 0 Å². The summed E-state index contributed by atoms with van der Waals surface area (Å²) in [6, 6.07) is 6.90. The van der Waals surface area contributed by atoms with Gasteiger partial charge in [0.1, 0.15) is 6.54 Å². The number of carbonyl (C=O) groups is 1. The molecule has 1 aromatic carbocycles. The Morgan fingerprint density at radius 2 is 2.18 bits per heavy atom. The van der Waals surface area contributed by atoms with Crippen molar-refractivity contribution in [3.63, 3.8) is 0 Å². The van der Waals surface area contributed by atoms with Crippen LogP contribution in [0.25, 0.3) is 10.9 Å². The second-order valence-electron chi connectivity index (χ2n) is 3.71. The summed E-state index contributed by atoms with van der Waals surface area (Å²) in [6.45, 7) is 0.102. The molecule has 0 unspecified atom stereocenters. The maximum Gasteiger partial charge on any atom is 0.488 e. The van der Waals surface area contributed by atoms with Gasteiger partial charge in [-0.1, -0.05) is 12.1 Å². The molecule has 0 amide bonds. The maximum absolute atomic E-state index is 11.2. The zero-order valence-corrected chi connectivity index (χ0v) is 9.33. The molecule has 0 fully saturated rings. The van der Waals surface area contributed by atoms with Crippen LogP contribution in [-0.2, 0) is 16.1 Å². The highest BCUT2D eigenvalue weighted by Crippen LogP contribution is 2.14. The summed E-state index contributed by atoms with van der Waals surface area (Å²) in [6.07, 6.45) is 1.76. The summed E-state index contributed by atoms with van der Waals surface area (Å²) >= 11 is 0. The fourth-order valence-electron chi connectivity index (χ4n) is 1.70. The second-order valence-corrected chi connectivity index (χ2v) is 3.71. The van der Waals surface area contributed by atoms with E-state index in [9.17, 15) is 4.79 Å². The van der Waals surface area contributed by atoms with Crippen LogP contribution >= 0.6 is 0 Å². The van der Waals surface area contributed by atoms with Gasteiger partial charge in [-0.2, -0.15) is 0 Å². The molecule has 2 N–H and O–H groups in total. The molecule has 1 aromatic heterocycles. The molecule has 0 saturated carbocycles. The van der Waals surface area contributed by atoms with Crippen LogP contribution in [-0.4, -0.2) is 34.8 Å². The Morgan fingerprint density at radius 3 is 2.82 bits per heavy atom. The third-order valence-corrected chi connectivity index (χ3v) is 2.62. The van der Waals surface area contributed by atoms with Gasteiger partial charge in [-0.3, -0.25) is 4.79 Å². The highest BCUT2D eigenvalue weighted by atomic mass is 16.5. The molecule has 0 atom stereocenters. The molecule has 6 heteroatoms. The first-order valence-electron chi connectivity index (χ1n) is 5.13. The Hall–Kier alpha value is -1.79. The fraction of sp³-hybridized carbons (Fsp3) is 0.182. The van der Waals surface area contributed by atoms with E-state index in [1.54, 1.807) is 29.0 Å². The molecule has 0 aliphatic rings. The zero-order chi connectivity index (χ0) is 12.4. The normalized spacial score (nSPS) is 10.5. The topological polar surface area (TPSA) is 71.7 Å². The van der Waals surface area contributed by atoms with E-state index in [1.165, 1.54) is 7.11 Å². The van der Waals surface area contributed by atoms with Gasteiger partial charge in [-0.05, 0) is 23.0 Å². The Bertz CT molecular complexity index is 549. The molecule has 5 nitrogen and oxygen atoms in total. The SMILES string of the molecule is COC(=O)Cn1ccc2ccc(B(O)O)cc21. The Labute approximate surface area is 98.4 Å². The van der Waals surface area contributed by atoms with Crippen LogP contribution < -0.4 is 5.46 Å². The third-order valence-electron chi connectivity index (χ3n) is 2.62. The van der Waals surface area contributed by atoms with E-state index < -0.39 is 7.12 Å². The number of aromatic nitrogens is 1. The number of methoxy groups -OCH3 is 1. The molecule has 0 radical (unpaired) electrons. The third kappa shape index (κ3) is 2.32. The standard InChI is InChI=1S/C11H12BNO4/c1-17-11(14)7-13-5-4-8-2-3-9(12(15)16)6-10(8)13/h2-6,15-16H,7H2,1H3.